The number of nitrogens with zero attached hydrogens (tertiary/aromatic N) is 1. The number of ether oxygens (including phenoxy) is 2. The second-order valence-corrected chi connectivity index (χ2v) is 6.21. The number of rotatable bonds is 7. The minimum atomic E-state index is -0.582. The van der Waals surface area contributed by atoms with Crippen LogP contribution in [-0.2, 0) is 4.79 Å². The Morgan fingerprint density at radius 3 is 2.62 bits per heavy atom. The molecule has 0 bridgehead atoms. The Morgan fingerprint density at radius 2 is 2.04 bits per heavy atom. The molecule has 128 valence electrons. The number of hydrogen-bond donors (Lipinski definition) is 1. The fraction of sp³-hybridized carbons (Fsp3) is 0.294. The molecule has 0 aliphatic heterocycles. The average Bonchev–Trinajstić information content (AvgIpc) is 3.12. The third-order valence-corrected chi connectivity index (χ3v) is 4.68. The molecule has 24 heavy (non-hydrogen) atoms. The predicted octanol–water partition coefficient (Wildman–Crippen LogP) is 2.45. The maximum Gasteiger partial charge on any atom is 0.255 e. The number of nitrogens with two attached hydrogens (primary N) is 1. The first kappa shape index (κ1) is 17.8. The van der Waals surface area contributed by atoms with Gasteiger partial charge >= 0.3 is 0 Å². The molecule has 0 saturated heterocycles. The zero-order chi connectivity index (χ0) is 17.7. The van der Waals surface area contributed by atoms with Gasteiger partial charge in [0.15, 0.2) is 18.1 Å². The number of primary amides is 1. The maximum absolute atomic E-state index is 12.7. The molecule has 2 amide bonds. The minimum absolute atomic E-state index is 0.0331. The molecule has 2 aromatic rings. The summed E-state index contributed by atoms with van der Waals surface area (Å²) in [5.41, 5.74) is 5.54. The maximum atomic E-state index is 12.7. The van der Waals surface area contributed by atoms with Gasteiger partial charge in [-0.3, -0.25) is 9.59 Å². The van der Waals surface area contributed by atoms with Crippen LogP contribution in [0.15, 0.2) is 35.7 Å². The van der Waals surface area contributed by atoms with Crippen LogP contribution in [0.4, 0.5) is 0 Å². The molecular formula is C17H20N2O4S. The molecule has 0 aliphatic rings. The van der Waals surface area contributed by atoms with Crippen molar-refractivity contribution in [1.82, 2.24) is 4.90 Å². The number of benzene rings is 1. The first-order valence-corrected chi connectivity index (χ1v) is 8.21. The molecular weight excluding hydrogens is 328 g/mol. The summed E-state index contributed by atoms with van der Waals surface area (Å²) in [6.45, 7) is 1.73. The molecule has 0 radical (unpaired) electrons. The Bertz CT molecular complexity index is 715. The van der Waals surface area contributed by atoms with Crippen LogP contribution in [0, 0.1) is 0 Å². The first-order chi connectivity index (χ1) is 11.4. The van der Waals surface area contributed by atoms with Gasteiger partial charge in [-0.1, -0.05) is 6.07 Å². The first-order valence-electron chi connectivity index (χ1n) is 7.33. The van der Waals surface area contributed by atoms with Crippen molar-refractivity contribution in [2.75, 3.05) is 20.8 Å². The summed E-state index contributed by atoms with van der Waals surface area (Å²) < 4.78 is 10.5. The van der Waals surface area contributed by atoms with E-state index in [4.69, 9.17) is 15.2 Å². The third kappa shape index (κ3) is 4.05. The third-order valence-electron chi connectivity index (χ3n) is 3.64. The van der Waals surface area contributed by atoms with E-state index < -0.39 is 5.91 Å². The molecule has 1 aromatic carbocycles. The molecule has 0 spiro atoms. The van der Waals surface area contributed by atoms with E-state index in [0.29, 0.717) is 17.1 Å². The van der Waals surface area contributed by atoms with Crippen molar-refractivity contribution >= 4 is 23.2 Å². The number of thiophene rings is 1. The molecule has 1 heterocycles. The van der Waals surface area contributed by atoms with E-state index in [0.717, 1.165) is 4.88 Å². The molecule has 1 atom stereocenters. The lowest BCUT2D eigenvalue weighted by Crippen LogP contribution is -2.29. The van der Waals surface area contributed by atoms with Crippen molar-refractivity contribution in [3.05, 3.63) is 46.2 Å². The Balaban J connectivity index is 2.18. The monoisotopic (exact) mass is 348 g/mol. The summed E-state index contributed by atoms with van der Waals surface area (Å²) in [6, 6.07) is 8.76. The van der Waals surface area contributed by atoms with Gasteiger partial charge in [-0.15, -0.1) is 11.3 Å². The molecule has 0 saturated carbocycles. The van der Waals surface area contributed by atoms with E-state index in [9.17, 15) is 9.59 Å². The SMILES string of the molecule is COc1cc(C(=O)N(C)C(C)c2cccs2)ccc1OCC(N)=O. The molecule has 6 nitrogen and oxygen atoms in total. The Kier molecular flexibility index (Phi) is 5.81. The molecule has 2 N–H and O–H groups in total. The van der Waals surface area contributed by atoms with Crippen molar-refractivity contribution in [2.24, 2.45) is 5.73 Å². The number of carbonyl (C=O) groups is 2. The smallest absolute Gasteiger partial charge is 0.255 e. The van der Waals surface area contributed by atoms with E-state index >= 15 is 0 Å². The molecule has 0 aliphatic carbocycles. The van der Waals surface area contributed by atoms with Crippen molar-refractivity contribution in [3.63, 3.8) is 0 Å². The minimum Gasteiger partial charge on any atom is -0.493 e. The second-order valence-electron chi connectivity index (χ2n) is 5.23. The molecule has 1 aromatic heterocycles. The molecule has 0 fully saturated rings. The van der Waals surface area contributed by atoms with Gasteiger partial charge in [0.05, 0.1) is 13.2 Å². The second kappa shape index (κ2) is 7.83. The summed E-state index contributed by atoms with van der Waals surface area (Å²) in [7, 11) is 3.23. The number of carbonyl (C=O) groups excluding carboxylic acids is 2. The highest BCUT2D eigenvalue weighted by molar-refractivity contribution is 7.10. The Hall–Kier alpha value is -2.54. The lowest BCUT2D eigenvalue weighted by molar-refractivity contribution is -0.119. The van der Waals surface area contributed by atoms with Crippen LogP contribution in [0.25, 0.3) is 0 Å². The van der Waals surface area contributed by atoms with Gasteiger partial charge in [0.2, 0.25) is 0 Å². The number of methoxy groups -OCH3 is 1. The highest BCUT2D eigenvalue weighted by atomic mass is 32.1. The van der Waals surface area contributed by atoms with Crippen LogP contribution in [0.5, 0.6) is 11.5 Å². The fourth-order valence-electron chi connectivity index (χ4n) is 2.17. The van der Waals surface area contributed by atoms with Crippen molar-refractivity contribution in [3.8, 4) is 11.5 Å². The summed E-state index contributed by atoms with van der Waals surface area (Å²) in [5, 5.41) is 1.98. The molecule has 2 rings (SSSR count). The Morgan fingerprint density at radius 1 is 1.29 bits per heavy atom. The van der Waals surface area contributed by atoms with Gasteiger partial charge < -0.3 is 20.1 Å². The van der Waals surface area contributed by atoms with E-state index in [2.05, 4.69) is 0 Å². The number of amides is 2. The van der Waals surface area contributed by atoms with Gasteiger partial charge in [0.1, 0.15) is 0 Å². The van der Waals surface area contributed by atoms with E-state index in [1.807, 2.05) is 24.4 Å². The largest absolute Gasteiger partial charge is 0.493 e. The van der Waals surface area contributed by atoms with Crippen molar-refractivity contribution < 1.29 is 19.1 Å². The van der Waals surface area contributed by atoms with Crippen LogP contribution in [-0.4, -0.2) is 37.5 Å². The van der Waals surface area contributed by atoms with Crippen LogP contribution < -0.4 is 15.2 Å². The average molecular weight is 348 g/mol. The zero-order valence-corrected chi connectivity index (χ0v) is 14.6. The lowest BCUT2D eigenvalue weighted by Gasteiger charge is -2.24. The van der Waals surface area contributed by atoms with Crippen LogP contribution in [0.3, 0.4) is 0 Å². The zero-order valence-electron chi connectivity index (χ0n) is 13.8. The highest BCUT2D eigenvalue weighted by Gasteiger charge is 2.21. The standard InChI is InChI=1S/C17H20N2O4S/c1-11(15-5-4-8-24-15)19(2)17(21)12-6-7-13(14(9-12)22-3)23-10-16(18)20/h4-9,11H,10H2,1-3H3,(H2,18,20). The highest BCUT2D eigenvalue weighted by Crippen LogP contribution is 2.30. The summed E-state index contributed by atoms with van der Waals surface area (Å²) in [5.74, 6) is 0.0263. The lowest BCUT2D eigenvalue weighted by atomic mass is 10.1. The predicted molar refractivity (Wildman–Crippen MR) is 92.5 cm³/mol. The van der Waals surface area contributed by atoms with Gasteiger partial charge in [0, 0.05) is 17.5 Å². The van der Waals surface area contributed by atoms with Gasteiger partial charge in [-0.2, -0.15) is 0 Å². The summed E-state index contributed by atoms with van der Waals surface area (Å²) >= 11 is 1.61. The quantitative estimate of drug-likeness (QED) is 0.833. The van der Waals surface area contributed by atoms with Crippen molar-refractivity contribution in [1.29, 1.82) is 0 Å². The Labute approximate surface area is 144 Å². The van der Waals surface area contributed by atoms with Crippen LogP contribution in [0.1, 0.15) is 28.2 Å². The van der Waals surface area contributed by atoms with Gasteiger partial charge in [0.25, 0.3) is 11.8 Å². The summed E-state index contributed by atoms with van der Waals surface area (Å²) in [4.78, 5) is 26.3. The van der Waals surface area contributed by atoms with Gasteiger partial charge in [-0.25, -0.2) is 0 Å². The molecule has 1 unspecified atom stereocenters. The summed E-state index contributed by atoms with van der Waals surface area (Å²) in [6.07, 6.45) is 0. The van der Waals surface area contributed by atoms with E-state index in [1.165, 1.54) is 7.11 Å². The fourth-order valence-corrected chi connectivity index (χ4v) is 2.99. The number of hydrogen-bond acceptors (Lipinski definition) is 5. The van der Waals surface area contributed by atoms with Crippen LogP contribution >= 0.6 is 11.3 Å². The van der Waals surface area contributed by atoms with Crippen molar-refractivity contribution in [2.45, 2.75) is 13.0 Å². The van der Waals surface area contributed by atoms with E-state index in [-0.39, 0.29) is 18.6 Å². The normalized spacial score (nSPS) is 11.6. The van der Waals surface area contributed by atoms with E-state index in [1.54, 1.807) is 41.5 Å². The van der Waals surface area contributed by atoms with Crippen LogP contribution in [0.2, 0.25) is 0 Å². The molecule has 7 heteroatoms. The topological polar surface area (TPSA) is 81.9 Å². The van der Waals surface area contributed by atoms with Gasteiger partial charge in [-0.05, 0) is 36.6 Å².